The molecule has 0 spiro atoms. The van der Waals surface area contributed by atoms with E-state index in [0.29, 0.717) is 59.9 Å². The van der Waals surface area contributed by atoms with E-state index in [-0.39, 0.29) is 35.1 Å². The van der Waals surface area contributed by atoms with Crippen molar-refractivity contribution in [3.63, 3.8) is 0 Å². The number of aromatic hydroxyl groups is 1. The maximum Gasteiger partial charge on any atom is 0.319 e. The number of hydrogen-bond acceptors (Lipinski definition) is 8. The maximum atomic E-state index is 16.8. The summed E-state index contributed by atoms with van der Waals surface area (Å²) in [4.78, 5) is 23.3. The van der Waals surface area contributed by atoms with Gasteiger partial charge in [-0.2, -0.15) is 9.97 Å². The SMILES string of the molecule is CCc1c(F)ccc2cc(O)cc(-c3ncc4c(NCCc5c[nH]c6ncccc56)nc(OC[C@@]56CCCN5C[C@H](F)C6)nc4c3F)c12. The van der Waals surface area contributed by atoms with Crippen molar-refractivity contribution in [2.24, 2.45) is 0 Å². The molecule has 2 fully saturated rings. The third kappa shape index (κ3) is 5.15. The molecule has 12 heteroatoms. The van der Waals surface area contributed by atoms with E-state index in [1.807, 2.05) is 25.3 Å². The number of nitrogens with one attached hydrogen (secondary N) is 2. The van der Waals surface area contributed by atoms with Crippen LogP contribution in [0.3, 0.4) is 0 Å². The molecule has 0 saturated carbocycles. The molecule has 8 rings (SSSR count). The fraction of sp³-hybridized carbons (Fsp3) is 0.333. The molecule has 0 aliphatic carbocycles. The maximum absolute atomic E-state index is 16.8. The molecular weight excluding hydrogens is 619 g/mol. The Morgan fingerprint density at radius 1 is 1.15 bits per heavy atom. The van der Waals surface area contributed by atoms with Gasteiger partial charge in [0.25, 0.3) is 0 Å². The van der Waals surface area contributed by atoms with E-state index >= 15 is 4.39 Å². The first kappa shape index (κ1) is 30.4. The van der Waals surface area contributed by atoms with Gasteiger partial charge in [0.05, 0.1) is 10.9 Å². The van der Waals surface area contributed by atoms with Gasteiger partial charge >= 0.3 is 6.01 Å². The lowest BCUT2D eigenvalue weighted by Gasteiger charge is -2.30. The highest BCUT2D eigenvalue weighted by molar-refractivity contribution is 6.01. The number of nitrogens with zero attached hydrogens (tertiary/aromatic N) is 5. The lowest BCUT2D eigenvalue weighted by molar-refractivity contribution is 0.107. The van der Waals surface area contributed by atoms with Crippen molar-refractivity contribution >= 4 is 38.5 Å². The van der Waals surface area contributed by atoms with Gasteiger partial charge in [-0.3, -0.25) is 9.88 Å². The van der Waals surface area contributed by atoms with E-state index in [1.165, 1.54) is 24.4 Å². The Kier molecular flexibility index (Phi) is 7.54. The van der Waals surface area contributed by atoms with Crippen LogP contribution in [0.4, 0.5) is 19.0 Å². The van der Waals surface area contributed by atoms with Crippen molar-refractivity contribution in [2.45, 2.75) is 50.7 Å². The quantitative estimate of drug-likeness (QED) is 0.155. The molecule has 6 heterocycles. The minimum absolute atomic E-state index is 0.0368. The van der Waals surface area contributed by atoms with Gasteiger partial charge in [-0.05, 0) is 84.5 Å². The van der Waals surface area contributed by atoms with Crippen molar-refractivity contribution in [1.82, 2.24) is 29.8 Å². The summed E-state index contributed by atoms with van der Waals surface area (Å²) in [5.74, 6) is -0.940. The van der Waals surface area contributed by atoms with E-state index in [9.17, 15) is 13.9 Å². The number of rotatable bonds is 9. The van der Waals surface area contributed by atoms with E-state index in [2.05, 4.69) is 35.1 Å². The summed E-state index contributed by atoms with van der Waals surface area (Å²) in [6.45, 7) is 3.63. The van der Waals surface area contributed by atoms with Crippen LogP contribution in [0.1, 0.15) is 37.3 Å². The summed E-state index contributed by atoms with van der Waals surface area (Å²) < 4.78 is 52.4. The Morgan fingerprint density at radius 3 is 2.92 bits per heavy atom. The number of phenols is 1. The highest BCUT2D eigenvalue weighted by Crippen LogP contribution is 2.41. The normalized spacial score (nSPS) is 19.5. The molecule has 2 aromatic carbocycles. The highest BCUT2D eigenvalue weighted by Gasteiger charge is 2.49. The first-order valence-corrected chi connectivity index (χ1v) is 16.3. The molecule has 9 nitrogen and oxygen atoms in total. The Bertz CT molecular complexity index is 2190. The third-order valence-electron chi connectivity index (χ3n) is 9.88. The van der Waals surface area contributed by atoms with Crippen molar-refractivity contribution in [3.05, 3.63) is 77.8 Å². The predicted octanol–water partition coefficient (Wildman–Crippen LogP) is 6.88. The zero-order valence-electron chi connectivity index (χ0n) is 26.4. The summed E-state index contributed by atoms with van der Waals surface area (Å²) >= 11 is 0. The number of fused-ring (bicyclic) bond motifs is 4. The number of hydrogen-bond donors (Lipinski definition) is 3. The van der Waals surface area contributed by atoms with Crippen LogP contribution < -0.4 is 10.1 Å². The summed E-state index contributed by atoms with van der Waals surface area (Å²) in [6.07, 6.45) is 7.30. The number of anilines is 1. The van der Waals surface area contributed by atoms with E-state index in [1.54, 1.807) is 12.3 Å². The van der Waals surface area contributed by atoms with Crippen LogP contribution in [-0.4, -0.2) is 72.9 Å². The topological polar surface area (TPSA) is 112 Å². The largest absolute Gasteiger partial charge is 0.508 e. The van der Waals surface area contributed by atoms with E-state index in [0.717, 1.165) is 36.0 Å². The second-order valence-electron chi connectivity index (χ2n) is 12.8. The lowest BCUT2D eigenvalue weighted by atomic mass is 9.94. The molecular formula is C36H34F3N7O2. The number of halogens is 3. The van der Waals surface area contributed by atoms with Gasteiger partial charge in [0.2, 0.25) is 0 Å². The van der Waals surface area contributed by atoms with Gasteiger partial charge in [-0.15, -0.1) is 0 Å². The molecule has 2 saturated heterocycles. The zero-order chi connectivity index (χ0) is 33.0. The molecule has 0 amide bonds. The molecule has 4 aromatic heterocycles. The molecule has 3 N–H and O–H groups in total. The molecule has 48 heavy (non-hydrogen) atoms. The number of aromatic nitrogens is 5. The van der Waals surface area contributed by atoms with Crippen LogP contribution in [0.15, 0.2) is 55.0 Å². The first-order chi connectivity index (χ1) is 23.3. The Morgan fingerprint density at radius 2 is 2.04 bits per heavy atom. The average Bonchev–Trinajstić information content (AvgIpc) is 3.76. The van der Waals surface area contributed by atoms with Crippen LogP contribution in [0.5, 0.6) is 11.8 Å². The van der Waals surface area contributed by atoms with Crippen molar-refractivity contribution < 1.29 is 23.0 Å². The predicted molar refractivity (Wildman–Crippen MR) is 178 cm³/mol. The van der Waals surface area contributed by atoms with Gasteiger partial charge in [-0.1, -0.05) is 13.0 Å². The monoisotopic (exact) mass is 653 g/mol. The summed E-state index contributed by atoms with van der Waals surface area (Å²) in [7, 11) is 0. The number of aromatic amines is 1. The summed E-state index contributed by atoms with van der Waals surface area (Å²) in [5, 5.41) is 16.3. The van der Waals surface area contributed by atoms with Gasteiger partial charge in [0.1, 0.15) is 47.0 Å². The van der Waals surface area contributed by atoms with E-state index in [4.69, 9.17) is 4.74 Å². The minimum Gasteiger partial charge on any atom is -0.508 e. The van der Waals surface area contributed by atoms with Crippen molar-refractivity contribution in [1.29, 1.82) is 0 Å². The molecule has 246 valence electrons. The second-order valence-corrected chi connectivity index (χ2v) is 12.8. The number of phenolic OH excluding ortho intramolecular Hbond substituents is 1. The number of pyridine rings is 2. The molecule has 6 aromatic rings. The molecule has 2 atom stereocenters. The Balaban J connectivity index is 1.20. The standard InChI is InChI=1S/C36H34F3N7O2/c1-2-24-28(38)7-6-20-13-23(47)14-26(29(20)24)31-30(39)32-27(17-42-31)34(41-11-8-21-16-43-33-25(21)5-3-10-40-33)45-35(44-32)48-19-36-9-4-12-46(36)18-22(37)15-36/h3,5-7,10,13-14,16-17,22,47H,2,4,8-9,11-12,15,18-19H2,1H3,(H,40,43)(H,41,44,45)/t22-,36+/m1/s1. The number of benzene rings is 2. The van der Waals surface area contributed by atoms with Gasteiger partial charge in [0, 0.05) is 49.1 Å². The summed E-state index contributed by atoms with van der Waals surface area (Å²) in [6, 6.07) is 9.66. The average molecular weight is 654 g/mol. The number of H-pyrrole nitrogens is 1. The Labute approximate surface area is 274 Å². The highest BCUT2D eigenvalue weighted by atomic mass is 19.1. The number of ether oxygens (including phenoxy) is 1. The smallest absolute Gasteiger partial charge is 0.319 e. The zero-order valence-corrected chi connectivity index (χ0v) is 26.4. The van der Waals surface area contributed by atoms with Crippen LogP contribution in [0.25, 0.3) is 44.0 Å². The first-order valence-electron chi connectivity index (χ1n) is 16.3. The van der Waals surface area contributed by atoms with Gasteiger partial charge < -0.3 is 20.1 Å². The molecule has 2 aliphatic heterocycles. The summed E-state index contributed by atoms with van der Waals surface area (Å²) in [5.41, 5.74) is 1.94. The van der Waals surface area contributed by atoms with Crippen LogP contribution >= 0.6 is 0 Å². The van der Waals surface area contributed by atoms with Gasteiger partial charge in [-0.25, -0.2) is 18.2 Å². The minimum atomic E-state index is -0.926. The number of alkyl halides is 1. The van der Waals surface area contributed by atoms with E-state index < -0.39 is 23.3 Å². The molecule has 2 aliphatic rings. The van der Waals surface area contributed by atoms with Crippen molar-refractivity contribution in [2.75, 3.05) is 31.6 Å². The third-order valence-corrected chi connectivity index (χ3v) is 9.88. The van der Waals surface area contributed by atoms with Gasteiger partial charge in [0.15, 0.2) is 5.82 Å². The Hall–Kier alpha value is -4.97. The fourth-order valence-corrected chi connectivity index (χ4v) is 7.64. The second kappa shape index (κ2) is 11.9. The molecule has 0 unspecified atom stereocenters. The molecule has 0 bridgehead atoms. The van der Waals surface area contributed by atoms with Crippen LogP contribution in [0, 0.1) is 11.6 Å². The van der Waals surface area contributed by atoms with Crippen molar-refractivity contribution in [3.8, 4) is 23.0 Å². The number of aryl methyl sites for hydroxylation is 1. The fourth-order valence-electron chi connectivity index (χ4n) is 7.64. The molecule has 0 radical (unpaired) electrons. The lowest BCUT2D eigenvalue weighted by Crippen LogP contribution is -2.43. The van der Waals surface area contributed by atoms with Crippen LogP contribution in [-0.2, 0) is 12.8 Å². The van der Waals surface area contributed by atoms with Crippen LogP contribution in [0.2, 0.25) is 0 Å².